The second kappa shape index (κ2) is 8.30. The number of aryl methyl sites for hydroxylation is 3. The number of carbonyl (C=O) groups excluding carboxylic acids is 3. The lowest BCUT2D eigenvalue weighted by Gasteiger charge is -2.19. The third-order valence-corrected chi connectivity index (χ3v) is 6.94. The topological polar surface area (TPSA) is 79.4 Å². The first kappa shape index (κ1) is 20.7. The smallest absolute Gasteiger partial charge is 0.233 e. The van der Waals surface area contributed by atoms with E-state index in [1.54, 1.807) is 0 Å². The first-order chi connectivity index (χ1) is 14.3. The maximum absolute atomic E-state index is 12.5. The fraction of sp³-hybridized carbons (Fsp3) is 0.478. The lowest BCUT2D eigenvalue weighted by Crippen LogP contribution is -2.34. The zero-order valence-electron chi connectivity index (χ0n) is 17.7. The van der Waals surface area contributed by atoms with Crippen molar-refractivity contribution < 1.29 is 14.4 Å². The van der Waals surface area contributed by atoms with Crippen molar-refractivity contribution in [2.75, 3.05) is 11.9 Å². The molecule has 1 aliphatic carbocycles. The van der Waals surface area contributed by atoms with Crippen LogP contribution in [-0.4, -0.2) is 34.2 Å². The number of hydrogen-bond donors (Lipinski definition) is 1. The predicted molar refractivity (Wildman–Crippen MR) is 117 cm³/mol. The van der Waals surface area contributed by atoms with Gasteiger partial charge in [-0.2, -0.15) is 0 Å². The summed E-state index contributed by atoms with van der Waals surface area (Å²) in [6, 6.07) is 4.25. The largest absolute Gasteiger partial charge is 0.302 e. The Morgan fingerprint density at radius 2 is 1.70 bits per heavy atom. The number of benzene rings is 1. The second-order valence-corrected chi connectivity index (χ2v) is 9.29. The van der Waals surface area contributed by atoms with Crippen LogP contribution in [0.4, 0.5) is 5.13 Å². The van der Waals surface area contributed by atoms with Crippen molar-refractivity contribution >= 4 is 34.2 Å². The van der Waals surface area contributed by atoms with Gasteiger partial charge < -0.3 is 5.32 Å². The summed E-state index contributed by atoms with van der Waals surface area (Å²) in [4.78, 5) is 43.4. The summed E-state index contributed by atoms with van der Waals surface area (Å²) in [5, 5.41) is 5.29. The van der Waals surface area contributed by atoms with Gasteiger partial charge in [0.2, 0.25) is 17.7 Å². The summed E-state index contributed by atoms with van der Waals surface area (Å²) in [6.45, 7) is 6.34. The number of nitrogens with one attached hydrogen (secondary N) is 1. The molecule has 1 saturated carbocycles. The fourth-order valence-electron chi connectivity index (χ4n) is 4.88. The zero-order valence-corrected chi connectivity index (χ0v) is 18.5. The molecule has 0 bridgehead atoms. The third-order valence-electron chi connectivity index (χ3n) is 6.18. The summed E-state index contributed by atoms with van der Waals surface area (Å²) in [5.74, 6) is -0.768. The molecule has 0 unspecified atom stereocenters. The minimum atomic E-state index is -0.233. The van der Waals surface area contributed by atoms with E-state index in [1.807, 2.05) is 5.38 Å². The highest BCUT2D eigenvalue weighted by Gasteiger charge is 2.47. The van der Waals surface area contributed by atoms with E-state index in [4.69, 9.17) is 0 Å². The molecule has 4 rings (SSSR count). The third kappa shape index (κ3) is 3.90. The number of imide groups is 1. The highest BCUT2D eigenvalue weighted by Crippen LogP contribution is 2.38. The Labute approximate surface area is 180 Å². The van der Waals surface area contributed by atoms with E-state index >= 15 is 0 Å². The van der Waals surface area contributed by atoms with E-state index in [2.05, 4.69) is 43.2 Å². The zero-order chi connectivity index (χ0) is 21.4. The molecule has 1 aromatic carbocycles. The molecule has 1 saturated heterocycles. The van der Waals surface area contributed by atoms with Crippen LogP contribution in [0.1, 0.15) is 48.8 Å². The molecule has 2 heterocycles. The monoisotopic (exact) mass is 425 g/mol. The van der Waals surface area contributed by atoms with Gasteiger partial charge in [-0.15, -0.1) is 11.3 Å². The minimum absolute atomic E-state index is 0.0917. The maximum atomic E-state index is 12.5. The van der Waals surface area contributed by atoms with E-state index < -0.39 is 0 Å². The van der Waals surface area contributed by atoms with Crippen LogP contribution in [0.15, 0.2) is 17.5 Å². The average molecular weight is 426 g/mol. The van der Waals surface area contributed by atoms with Gasteiger partial charge in [-0.1, -0.05) is 30.5 Å². The van der Waals surface area contributed by atoms with Crippen LogP contribution >= 0.6 is 11.3 Å². The van der Waals surface area contributed by atoms with Crippen LogP contribution in [0.5, 0.6) is 0 Å². The van der Waals surface area contributed by atoms with Gasteiger partial charge in [0.15, 0.2) is 5.13 Å². The van der Waals surface area contributed by atoms with Gasteiger partial charge in [0, 0.05) is 23.9 Å². The maximum Gasteiger partial charge on any atom is 0.233 e. The number of fused-ring (bicyclic) bond motifs is 1. The Kier molecular flexibility index (Phi) is 5.73. The van der Waals surface area contributed by atoms with Crippen molar-refractivity contribution in [1.82, 2.24) is 9.88 Å². The molecule has 0 spiro atoms. The van der Waals surface area contributed by atoms with Crippen LogP contribution in [0.2, 0.25) is 0 Å². The van der Waals surface area contributed by atoms with Crippen LogP contribution in [0, 0.1) is 32.6 Å². The Hall–Kier alpha value is -2.54. The van der Waals surface area contributed by atoms with E-state index in [0.29, 0.717) is 5.13 Å². The van der Waals surface area contributed by atoms with E-state index in [9.17, 15) is 14.4 Å². The Bertz CT molecular complexity index is 966. The first-order valence-corrected chi connectivity index (χ1v) is 11.4. The SMILES string of the molecule is Cc1cc(C)c(-c2csc(NC(=O)CCN3C(=O)[C@H]4CCCC[C@@H]4C3=O)n2)c(C)c1. The summed E-state index contributed by atoms with van der Waals surface area (Å²) in [6.07, 6.45) is 3.67. The summed E-state index contributed by atoms with van der Waals surface area (Å²) < 4.78 is 0. The molecule has 2 fully saturated rings. The lowest BCUT2D eigenvalue weighted by molar-refractivity contribution is -0.140. The number of carbonyl (C=O) groups is 3. The van der Waals surface area contributed by atoms with E-state index in [0.717, 1.165) is 48.1 Å². The molecule has 7 heteroatoms. The normalized spacial score (nSPS) is 21.1. The highest BCUT2D eigenvalue weighted by atomic mass is 32.1. The van der Waals surface area contributed by atoms with E-state index in [-0.39, 0.29) is 42.5 Å². The van der Waals surface area contributed by atoms with Gasteiger partial charge in [0.25, 0.3) is 0 Å². The molecule has 30 heavy (non-hydrogen) atoms. The van der Waals surface area contributed by atoms with Crippen molar-refractivity contribution in [3.8, 4) is 11.3 Å². The minimum Gasteiger partial charge on any atom is -0.302 e. The molecule has 0 radical (unpaired) electrons. The number of amides is 3. The molecule has 1 N–H and O–H groups in total. The second-order valence-electron chi connectivity index (χ2n) is 8.44. The number of rotatable bonds is 5. The molecule has 2 atom stereocenters. The Morgan fingerprint density at radius 3 is 2.30 bits per heavy atom. The molecule has 1 aromatic heterocycles. The van der Waals surface area contributed by atoms with Crippen molar-refractivity contribution in [2.45, 2.75) is 52.9 Å². The lowest BCUT2D eigenvalue weighted by atomic mass is 9.81. The molecule has 2 aromatic rings. The highest BCUT2D eigenvalue weighted by molar-refractivity contribution is 7.14. The van der Waals surface area contributed by atoms with Crippen molar-refractivity contribution in [3.05, 3.63) is 34.2 Å². The van der Waals surface area contributed by atoms with Gasteiger partial charge in [-0.25, -0.2) is 4.98 Å². The van der Waals surface area contributed by atoms with Gasteiger partial charge in [-0.05, 0) is 44.7 Å². The summed E-state index contributed by atoms with van der Waals surface area (Å²) in [7, 11) is 0. The standard InChI is InChI=1S/C23H27N3O3S/c1-13-10-14(2)20(15(3)11-13)18-12-30-23(24-18)25-19(27)8-9-26-21(28)16-6-4-5-7-17(16)22(26)29/h10-12,16-17H,4-9H2,1-3H3,(H,24,25,27)/t16-,17-/m0/s1. The quantitative estimate of drug-likeness (QED) is 0.727. The molecule has 2 aliphatic rings. The van der Waals surface area contributed by atoms with Gasteiger partial charge >= 0.3 is 0 Å². The number of likely N-dealkylation sites (tertiary alicyclic amines) is 1. The molecule has 6 nitrogen and oxygen atoms in total. The number of thiazole rings is 1. The van der Waals surface area contributed by atoms with Gasteiger partial charge in [0.05, 0.1) is 17.5 Å². The first-order valence-electron chi connectivity index (χ1n) is 10.5. The van der Waals surface area contributed by atoms with Crippen molar-refractivity contribution in [1.29, 1.82) is 0 Å². The molecule has 1 aliphatic heterocycles. The van der Waals surface area contributed by atoms with E-state index in [1.165, 1.54) is 21.8 Å². The number of aromatic nitrogens is 1. The number of anilines is 1. The molecular weight excluding hydrogens is 398 g/mol. The fourth-order valence-corrected chi connectivity index (χ4v) is 5.59. The Balaban J connectivity index is 1.38. The van der Waals surface area contributed by atoms with Gasteiger partial charge in [-0.3, -0.25) is 19.3 Å². The van der Waals surface area contributed by atoms with Crippen LogP contribution < -0.4 is 5.32 Å². The van der Waals surface area contributed by atoms with Crippen LogP contribution in [0.25, 0.3) is 11.3 Å². The van der Waals surface area contributed by atoms with Crippen molar-refractivity contribution in [2.24, 2.45) is 11.8 Å². The van der Waals surface area contributed by atoms with Crippen LogP contribution in [-0.2, 0) is 14.4 Å². The molecular formula is C23H27N3O3S. The predicted octanol–water partition coefficient (Wildman–Crippen LogP) is 4.24. The Morgan fingerprint density at radius 1 is 1.10 bits per heavy atom. The summed E-state index contributed by atoms with van der Waals surface area (Å²) >= 11 is 1.38. The van der Waals surface area contributed by atoms with Crippen LogP contribution in [0.3, 0.4) is 0 Å². The van der Waals surface area contributed by atoms with Gasteiger partial charge in [0.1, 0.15) is 0 Å². The number of hydrogen-bond acceptors (Lipinski definition) is 5. The summed E-state index contributed by atoms with van der Waals surface area (Å²) in [5.41, 5.74) is 5.46. The molecule has 158 valence electrons. The molecule has 3 amide bonds. The van der Waals surface area contributed by atoms with Crippen molar-refractivity contribution in [3.63, 3.8) is 0 Å². The average Bonchev–Trinajstić information content (AvgIpc) is 3.23. The number of nitrogens with zero attached hydrogens (tertiary/aromatic N) is 2.